The maximum absolute atomic E-state index is 12.9. The number of piperidine rings is 1. The molecule has 1 saturated heterocycles. The summed E-state index contributed by atoms with van der Waals surface area (Å²) in [6.45, 7) is 2.00. The number of likely N-dealkylation sites (tertiary alicyclic amines) is 1. The molecular formula is C20H18N4O2S. The van der Waals surface area contributed by atoms with Gasteiger partial charge < -0.3 is 9.47 Å². The van der Waals surface area contributed by atoms with E-state index >= 15 is 0 Å². The number of hydrogen-bond acceptors (Lipinski definition) is 5. The van der Waals surface area contributed by atoms with Gasteiger partial charge >= 0.3 is 0 Å². The minimum atomic E-state index is 0.0262. The summed E-state index contributed by atoms with van der Waals surface area (Å²) < 4.78 is 1.90. The summed E-state index contributed by atoms with van der Waals surface area (Å²) >= 11 is 1.48. The van der Waals surface area contributed by atoms with Crippen molar-refractivity contribution in [3.05, 3.63) is 69.3 Å². The van der Waals surface area contributed by atoms with E-state index in [0.29, 0.717) is 25.6 Å². The molecule has 0 aromatic carbocycles. The second-order valence-electron chi connectivity index (χ2n) is 7.19. The lowest BCUT2D eigenvalue weighted by atomic mass is 9.80. The van der Waals surface area contributed by atoms with E-state index in [9.17, 15) is 9.59 Å². The Morgan fingerprint density at radius 3 is 2.74 bits per heavy atom. The normalized spacial score (nSPS) is 21.0. The Hall–Kier alpha value is -2.80. The van der Waals surface area contributed by atoms with E-state index in [2.05, 4.69) is 9.97 Å². The van der Waals surface area contributed by atoms with Gasteiger partial charge in [0.05, 0.1) is 4.88 Å². The van der Waals surface area contributed by atoms with Crippen molar-refractivity contribution in [1.82, 2.24) is 19.4 Å². The van der Waals surface area contributed by atoms with Crippen LogP contribution < -0.4 is 5.56 Å². The molecule has 3 aromatic heterocycles. The zero-order valence-corrected chi connectivity index (χ0v) is 15.4. The largest absolute Gasteiger partial charge is 0.337 e. The predicted octanol–water partition coefficient (Wildman–Crippen LogP) is 2.63. The number of rotatable bonds is 2. The lowest BCUT2D eigenvalue weighted by molar-refractivity contribution is 0.0600. The number of nitrogens with zero attached hydrogens (tertiary/aromatic N) is 4. The van der Waals surface area contributed by atoms with E-state index in [1.54, 1.807) is 18.5 Å². The second kappa shape index (κ2) is 6.42. The highest BCUT2D eigenvalue weighted by Gasteiger charge is 2.38. The number of carbonyl (C=O) groups excluding carboxylic acids is 1. The molecule has 1 amide bonds. The van der Waals surface area contributed by atoms with Gasteiger partial charge in [-0.25, -0.2) is 9.97 Å². The van der Waals surface area contributed by atoms with Crippen molar-refractivity contribution in [1.29, 1.82) is 0 Å². The molecule has 2 aliphatic heterocycles. The highest BCUT2D eigenvalue weighted by atomic mass is 32.1. The molecule has 136 valence electrons. The third kappa shape index (κ3) is 2.78. The number of aromatic nitrogens is 3. The van der Waals surface area contributed by atoms with Crippen LogP contribution in [-0.2, 0) is 6.54 Å². The Balaban J connectivity index is 1.57. The number of fused-ring (bicyclic) bond motifs is 4. The fourth-order valence-electron chi connectivity index (χ4n) is 4.42. The van der Waals surface area contributed by atoms with Crippen molar-refractivity contribution >= 4 is 17.2 Å². The lowest BCUT2D eigenvalue weighted by Gasteiger charge is -2.43. The standard InChI is InChI=1S/C20H18N4O2S/c25-18-4-3-16(15-7-21-12-22-8-15)19-14-6-13(10-24(18)19)9-23(11-14)20(26)17-2-1-5-27-17/h1-5,7-8,12-14H,6,9-11H2/t13-,14+/m0/s1. The van der Waals surface area contributed by atoms with Crippen molar-refractivity contribution in [2.45, 2.75) is 18.9 Å². The van der Waals surface area contributed by atoms with E-state index in [4.69, 9.17) is 0 Å². The van der Waals surface area contributed by atoms with Gasteiger partial charge in [-0.2, -0.15) is 0 Å². The van der Waals surface area contributed by atoms with Crippen LogP contribution in [0.5, 0.6) is 0 Å². The summed E-state index contributed by atoms with van der Waals surface area (Å²) in [5.41, 5.74) is 2.93. The SMILES string of the molecule is O=C(c1cccs1)N1C[C@@H]2C[C@H](C1)c1c(-c3cncnc3)ccc(=O)n1C2. The van der Waals surface area contributed by atoms with Crippen LogP contribution in [0.25, 0.3) is 11.1 Å². The first-order chi connectivity index (χ1) is 13.2. The van der Waals surface area contributed by atoms with Crippen LogP contribution in [0.1, 0.15) is 27.7 Å². The fraction of sp³-hybridized carbons (Fsp3) is 0.300. The number of thiophene rings is 1. The van der Waals surface area contributed by atoms with Gasteiger partial charge in [-0.05, 0) is 29.9 Å². The quantitative estimate of drug-likeness (QED) is 0.687. The molecular weight excluding hydrogens is 360 g/mol. The first-order valence-corrected chi connectivity index (χ1v) is 9.90. The third-order valence-corrected chi connectivity index (χ3v) is 6.34. The third-order valence-electron chi connectivity index (χ3n) is 5.48. The summed E-state index contributed by atoms with van der Waals surface area (Å²) in [6.07, 6.45) is 6.05. The Labute approximate surface area is 160 Å². The number of hydrogen-bond donors (Lipinski definition) is 0. The van der Waals surface area contributed by atoms with Gasteiger partial charge in [0, 0.05) is 60.8 Å². The van der Waals surface area contributed by atoms with Gasteiger partial charge in [-0.15, -0.1) is 11.3 Å². The van der Waals surface area contributed by atoms with Crippen LogP contribution in [0.15, 0.2) is 53.2 Å². The molecule has 0 unspecified atom stereocenters. The zero-order chi connectivity index (χ0) is 18.4. The summed E-state index contributed by atoms with van der Waals surface area (Å²) in [5, 5.41) is 1.93. The Bertz CT molecular complexity index is 1050. The Morgan fingerprint density at radius 2 is 1.96 bits per heavy atom. The Kier molecular flexibility index (Phi) is 3.89. The van der Waals surface area contributed by atoms with Crippen molar-refractivity contribution in [2.75, 3.05) is 13.1 Å². The molecule has 0 aliphatic carbocycles. The molecule has 7 heteroatoms. The maximum Gasteiger partial charge on any atom is 0.263 e. The second-order valence-corrected chi connectivity index (χ2v) is 8.14. The molecule has 5 heterocycles. The van der Waals surface area contributed by atoms with Gasteiger partial charge in [-0.1, -0.05) is 6.07 Å². The predicted molar refractivity (Wildman–Crippen MR) is 103 cm³/mol. The van der Waals surface area contributed by atoms with E-state index in [1.165, 1.54) is 17.7 Å². The van der Waals surface area contributed by atoms with Crippen LogP contribution >= 0.6 is 11.3 Å². The van der Waals surface area contributed by atoms with Gasteiger partial charge in [0.1, 0.15) is 6.33 Å². The topological polar surface area (TPSA) is 68.1 Å². The molecule has 5 rings (SSSR count). The summed E-state index contributed by atoms with van der Waals surface area (Å²) in [7, 11) is 0. The molecule has 27 heavy (non-hydrogen) atoms. The van der Waals surface area contributed by atoms with E-state index in [0.717, 1.165) is 28.1 Å². The van der Waals surface area contributed by atoms with Gasteiger partial charge in [0.25, 0.3) is 11.5 Å². The van der Waals surface area contributed by atoms with Gasteiger partial charge in [0.2, 0.25) is 0 Å². The van der Waals surface area contributed by atoms with Crippen LogP contribution in [0.2, 0.25) is 0 Å². The molecule has 2 aliphatic rings. The first-order valence-electron chi connectivity index (χ1n) is 9.02. The number of carbonyl (C=O) groups is 1. The molecule has 0 spiro atoms. The molecule has 1 fully saturated rings. The summed E-state index contributed by atoms with van der Waals surface area (Å²) in [4.78, 5) is 36.4. The number of pyridine rings is 1. The van der Waals surface area contributed by atoms with Gasteiger partial charge in [0.15, 0.2) is 0 Å². The molecule has 0 saturated carbocycles. The van der Waals surface area contributed by atoms with Crippen molar-refractivity contribution in [2.24, 2.45) is 5.92 Å². The lowest BCUT2D eigenvalue weighted by Crippen LogP contribution is -2.49. The molecule has 2 atom stereocenters. The molecule has 6 nitrogen and oxygen atoms in total. The number of amides is 1. The average molecular weight is 378 g/mol. The average Bonchev–Trinajstić information content (AvgIpc) is 3.23. The minimum absolute atomic E-state index is 0.0262. The molecule has 2 bridgehead atoms. The van der Waals surface area contributed by atoms with Crippen LogP contribution in [0, 0.1) is 5.92 Å². The van der Waals surface area contributed by atoms with Crippen molar-refractivity contribution < 1.29 is 4.79 Å². The fourth-order valence-corrected chi connectivity index (χ4v) is 5.11. The maximum atomic E-state index is 12.9. The van der Waals surface area contributed by atoms with E-state index in [-0.39, 0.29) is 17.4 Å². The van der Waals surface area contributed by atoms with Crippen LogP contribution in [0.4, 0.5) is 0 Å². The van der Waals surface area contributed by atoms with E-state index < -0.39 is 0 Å². The van der Waals surface area contributed by atoms with Crippen LogP contribution in [0.3, 0.4) is 0 Å². The summed E-state index contributed by atoms with van der Waals surface area (Å²) in [5.74, 6) is 0.543. The smallest absolute Gasteiger partial charge is 0.263 e. The van der Waals surface area contributed by atoms with Crippen LogP contribution in [-0.4, -0.2) is 38.4 Å². The minimum Gasteiger partial charge on any atom is -0.337 e. The summed E-state index contributed by atoms with van der Waals surface area (Å²) in [6, 6.07) is 7.28. The monoisotopic (exact) mass is 378 g/mol. The van der Waals surface area contributed by atoms with Crippen molar-refractivity contribution in [3.63, 3.8) is 0 Å². The van der Waals surface area contributed by atoms with Gasteiger partial charge in [-0.3, -0.25) is 9.59 Å². The van der Waals surface area contributed by atoms with Crippen molar-refractivity contribution in [3.8, 4) is 11.1 Å². The molecule has 3 aromatic rings. The first kappa shape index (κ1) is 16.4. The Morgan fingerprint density at radius 1 is 1.11 bits per heavy atom. The highest BCUT2D eigenvalue weighted by Crippen LogP contribution is 2.40. The highest BCUT2D eigenvalue weighted by molar-refractivity contribution is 7.12. The molecule has 0 radical (unpaired) electrons. The molecule has 0 N–H and O–H groups in total. The zero-order valence-electron chi connectivity index (χ0n) is 14.6. The van der Waals surface area contributed by atoms with E-state index in [1.807, 2.05) is 33.0 Å².